The Morgan fingerprint density at radius 3 is 2.94 bits per heavy atom. The van der Waals surface area contributed by atoms with Crippen molar-refractivity contribution in [1.29, 1.82) is 0 Å². The largest absolute Gasteiger partial charge is 0.362 e. The molecule has 2 bridgehead atoms. The summed E-state index contributed by atoms with van der Waals surface area (Å²) in [6.07, 6.45) is 7.22. The molecule has 0 radical (unpaired) electrons. The summed E-state index contributed by atoms with van der Waals surface area (Å²) in [4.78, 5) is 4.57. The van der Waals surface area contributed by atoms with Gasteiger partial charge in [-0.05, 0) is 50.4 Å². The van der Waals surface area contributed by atoms with Crippen molar-refractivity contribution in [2.24, 2.45) is 22.7 Å². The number of hydrogen-bond donors (Lipinski definition) is 1. The van der Waals surface area contributed by atoms with E-state index in [4.69, 9.17) is 0 Å². The molecule has 2 nitrogen and oxygen atoms in total. The second kappa shape index (κ2) is 4.59. The number of thioether (sulfide) groups is 1. The van der Waals surface area contributed by atoms with Crippen LogP contribution in [0.25, 0.3) is 0 Å². The van der Waals surface area contributed by atoms with Gasteiger partial charge in [-0.2, -0.15) is 0 Å². The summed E-state index contributed by atoms with van der Waals surface area (Å²) in [6.45, 7) is 3.39. The summed E-state index contributed by atoms with van der Waals surface area (Å²) in [5.41, 5.74) is 0. The lowest BCUT2D eigenvalue weighted by atomic mass is 9.84. The predicted molar refractivity (Wildman–Crippen MR) is 70.9 cm³/mol. The molecule has 0 aromatic heterocycles. The highest BCUT2D eigenvalue weighted by molar-refractivity contribution is 8.13. The number of rotatable bonds is 2. The first kappa shape index (κ1) is 10.9. The van der Waals surface area contributed by atoms with Gasteiger partial charge in [-0.3, -0.25) is 4.99 Å². The van der Waals surface area contributed by atoms with E-state index in [0.717, 1.165) is 24.3 Å². The van der Waals surface area contributed by atoms with Crippen LogP contribution in [0, 0.1) is 17.8 Å². The molecule has 4 atom stereocenters. The van der Waals surface area contributed by atoms with Crippen molar-refractivity contribution in [2.45, 2.75) is 45.1 Å². The van der Waals surface area contributed by atoms with Gasteiger partial charge in [-0.1, -0.05) is 18.2 Å². The first-order valence-corrected chi connectivity index (χ1v) is 7.75. The van der Waals surface area contributed by atoms with Gasteiger partial charge < -0.3 is 5.32 Å². The fourth-order valence-corrected chi connectivity index (χ4v) is 4.67. The van der Waals surface area contributed by atoms with E-state index in [1.165, 1.54) is 43.0 Å². The molecule has 16 heavy (non-hydrogen) atoms. The Morgan fingerprint density at radius 2 is 2.31 bits per heavy atom. The van der Waals surface area contributed by atoms with Crippen LogP contribution in [-0.4, -0.2) is 23.5 Å². The molecule has 0 aromatic carbocycles. The summed E-state index contributed by atoms with van der Waals surface area (Å²) < 4.78 is 0. The van der Waals surface area contributed by atoms with Gasteiger partial charge in [0.25, 0.3) is 0 Å². The SMILES string of the molecule is CC(NC1=NCCCS1)C1C[C@H]2CC[C@@H]1C2. The lowest BCUT2D eigenvalue weighted by molar-refractivity contribution is 0.279. The van der Waals surface area contributed by atoms with Crippen LogP contribution in [0.15, 0.2) is 4.99 Å². The van der Waals surface area contributed by atoms with E-state index in [9.17, 15) is 0 Å². The number of nitrogens with one attached hydrogen (secondary N) is 1. The molecule has 3 heteroatoms. The second-order valence-electron chi connectivity index (χ2n) is 5.66. The van der Waals surface area contributed by atoms with E-state index < -0.39 is 0 Å². The van der Waals surface area contributed by atoms with Gasteiger partial charge in [0.15, 0.2) is 5.17 Å². The summed E-state index contributed by atoms with van der Waals surface area (Å²) in [5, 5.41) is 4.87. The van der Waals surface area contributed by atoms with Crippen molar-refractivity contribution >= 4 is 16.9 Å². The van der Waals surface area contributed by atoms with Gasteiger partial charge in [0.05, 0.1) is 0 Å². The van der Waals surface area contributed by atoms with E-state index in [1.807, 2.05) is 11.8 Å². The summed E-state index contributed by atoms with van der Waals surface area (Å²) >= 11 is 1.91. The number of aliphatic imine (C=N–C) groups is 1. The van der Waals surface area contributed by atoms with Gasteiger partial charge in [0, 0.05) is 18.3 Å². The van der Waals surface area contributed by atoms with Crippen molar-refractivity contribution in [3.8, 4) is 0 Å². The molecule has 3 rings (SSSR count). The fraction of sp³-hybridized carbons (Fsp3) is 0.923. The van der Waals surface area contributed by atoms with Crippen molar-refractivity contribution in [3.05, 3.63) is 0 Å². The van der Waals surface area contributed by atoms with Crippen molar-refractivity contribution < 1.29 is 0 Å². The zero-order chi connectivity index (χ0) is 11.0. The minimum absolute atomic E-state index is 0.639. The minimum atomic E-state index is 0.639. The van der Waals surface area contributed by atoms with Gasteiger partial charge in [0.2, 0.25) is 0 Å². The molecule has 2 aliphatic carbocycles. The Hall–Kier alpha value is -0.180. The van der Waals surface area contributed by atoms with Crippen molar-refractivity contribution in [3.63, 3.8) is 0 Å². The zero-order valence-corrected chi connectivity index (χ0v) is 10.9. The highest BCUT2D eigenvalue weighted by Gasteiger charge is 2.41. The molecule has 2 unspecified atom stereocenters. The summed E-state index contributed by atoms with van der Waals surface area (Å²) in [7, 11) is 0. The van der Waals surface area contributed by atoms with Crippen LogP contribution in [0.2, 0.25) is 0 Å². The van der Waals surface area contributed by atoms with Crippen LogP contribution in [-0.2, 0) is 0 Å². The molecule has 0 amide bonds. The highest BCUT2D eigenvalue weighted by atomic mass is 32.2. The third-order valence-corrected chi connectivity index (χ3v) is 5.60. The number of hydrogen-bond acceptors (Lipinski definition) is 3. The Bertz CT molecular complexity index is 290. The number of amidine groups is 1. The van der Waals surface area contributed by atoms with Crippen LogP contribution in [0.1, 0.15) is 39.0 Å². The zero-order valence-electron chi connectivity index (χ0n) is 10.1. The van der Waals surface area contributed by atoms with Crippen molar-refractivity contribution in [2.75, 3.05) is 12.3 Å². The maximum absolute atomic E-state index is 4.57. The molecule has 1 N–H and O–H groups in total. The second-order valence-corrected chi connectivity index (χ2v) is 6.74. The van der Waals surface area contributed by atoms with Gasteiger partial charge >= 0.3 is 0 Å². The van der Waals surface area contributed by atoms with E-state index in [1.54, 1.807) is 0 Å². The molecule has 2 saturated carbocycles. The summed E-state index contributed by atoms with van der Waals surface area (Å²) in [6, 6.07) is 0.639. The molecule has 0 saturated heterocycles. The normalized spacial score (nSPS) is 39.6. The monoisotopic (exact) mass is 238 g/mol. The first-order valence-electron chi connectivity index (χ1n) is 6.76. The Labute approximate surface area is 103 Å². The van der Waals surface area contributed by atoms with Crippen molar-refractivity contribution in [1.82, 2.24) is 5.32 Å². The molecule has 1 aliphatic heterocycles. The highest BCUT2D eigenvalue weighted by Crippen LogP contribution is 2.49. The molecular formula is C13H22N2S. The first-order chi connectivity index (χ1) is 7.83. The topological polar surface area (TPSA) is 24.4 Å². The molecular weight excluding hydrogens is 216 g/mol. The lowest BCUT2D eigenvalue weighted by Crippen LogP contribution is -2.39. The number of fused-ring (bicyclic) bond motifs is 2. The maximum atomic E-state index is 4.57. The summed E-state index contributed by atoms with van der Waals surface area (Å²) in [5.74, 6) is 4.24. The molecule has 1 heterocycles. The van der Waals surface area contributed by atoms with Crippen LogP contribution in [0.3, 0.4) is 0 Å². The maximum Gasteiger partial charge on any atom is 0.156 e. The van der Waals surface area contributed by atoms with Crippen LogP contribution < -0.4 is 5.32 Å². The van der Waals surface area contributed by atoms with E-state index >= 15 is 0 Å². The molecule has 2 fully saturated rings. The quantitative estimate of drug-likeness (QED) is 0.800. The lowest BCUT2D eigenvalue weighted by Gasteiger charge is -2.30. The number of nitrogens with zero attached hydrogens (tertiary/aromatic N) is 1. The van der Waals surface area contributed by atoms with Crippen LogP contribution in [0.5, 0.6) is 0 Å². The smallest absolute Gasteiger partial charge is 0.156 e. The van der Waals surface area contributed by atoms with E-state index in [2.05, 4.69) is 17.2 Å². The van der Waals surface area contributed by atoms with Gasteiger partial charge in [-0.15, -0.1) is 0 Å². The standard InChI is InChI=1S/C13H22N2S/c1-9(15-13-14-5-2-6-16-13)12-8-10-3-4-11(12)7-10/h9-12H,2-8H2,1H3,(H,14,15)/t9?,10-,11+,12?/m0/s1. The minimum Gasteiger partial charge on any atom is -0.362 e. The Kier molecular flexibility index (Phi) is 3.14. The molecule has 0 spiro atoms. The Balaban J connectivity index is 1.57. The predicted octanol–water partition coefficient (Wildman–Crippen LogP) is 2.89. The fourth-order valence-electron chi connectivity index (χ4n) is 3.76. The van der Waals surface area contributed by atoms with Gasteiger partial charge in [-0.25, -0.2) is 0 Å². The van der Waals surface area contributed by atoms with E-state index in [0.29, 0.717) is 6.04 Å². The third kappa shape index (κ3) is 2.11. The third-order valence-electron chi connectivity index (χ3n) is 4.58. The van der Waals surface area contributed by atoms with Crippen LogP contribution in [0.4, 0.5) is 0 Å². The van der Waals surface area contributed by atoms with Gasteiger partial charge in [0.1, 0.15) is 0 Å². The molecule has 90 valence electrons. The average Bonchev–Trinajstić information content (AvgIpc) is 2.92. The molecule has 3 aliphatic rings. The van der Waals surface area contributed by atoms with Crippen LogP contribution >= 0.6 is 11.8 Å². The molecule has 0 aromatic rings. The van der Waals surface area contributed by atoms with E-state index in [-0.39, 0.29) is 0 Å². The average molecular weight is 238 g/mol. The Morgan fingerprint density at radius 1 is 1.38 bits per heavy atom.